The van der Waals surface area contributed by atoms with Crippen LogP contribution in [0.25, 0.3) is 0 Å². The molecule has 0 aliphatic heterocycles. The minimum Gasteiger partial charge on any atom is -0.231 e. The molecule has 2 nitrogen and oxygen atoms in total. The topological polar surface area (TPSA) is 25.8 Å². The molecule has 0 spiro atoms. The van der Waals surface area contributed by atoms with Crippen LogP contribution in [0, 0.1) is 6.92 Å². The van der Waals surface area contributed by atoms with Crippen LogP contribution in [0.5, 0.6) is 0 Å². The lowest BCUT2D eigenvalue weighted by atomic mass is 10.4. The maximum atomic E-state index is 4.14. The van der Waals surface area contributed by atoms with Gasteiger partial charge in [0.15, 0.2) is 5.16 Å². The van der Waals surface area contributed by atoms with Crippen LogP contribution in [0.2, 0.25) is 0 Å². The first-order chi connectivity index (χ1) is 5.68. The Morgan fingerprint density at radius 2 is 2.17 bits per heavy atom. The summed E-state index contributed by atoms with van der Waals surface area (Å²) in [6, 6.07) is 0. The first kappa shape index (κ1) is 9.74. The lowest BCUT2D eigenvalue weighted by molar-refractivity contribution is 0.952. The van der Waals surface area contributed by atoms with Crippen molar-refractivity contribution in [1.29, 1.82) is 0 Å². The van der Waals surface area contributed by atoms with Gasteiger partial charge in [-0.3, -0.25) is 0 Å². The molecule has 0 aromatic carbocycles. The highest BCUT2D eigenvalue weighted by Crippen LogP contribution is 2.17. The third kappa shape index (κ3) is 3.36. The molecular weight excluding hydrogens is 236 g/mol. The number of nitrogens with zero attached hydrogens (tertiary/aromatic N) is 2. The number of hydrogen-bond donors (Lipinski definition) is 0. The zero-order chi connectivity index (χ0) is 8.97. The average Bonchev–Trinajstić information content (AvgIpc) is 2.03. The predicted octanol–water partition coefficient (Wildman–Crippen LogP) is 2.79. The van der Waals surface area contributed by atoms with Crippen molar-refractivity contribution in [3.05, 3.63) is 29.0 Å². The fourth-order valence-corrected chi connectivity index (χ4v) is 1.48. The van der Waals surface area contributed by atoms with Crippen LogP contribution in [0.15, 0.2) is 28.6 Å². The van der Waals surface area contributed by atoms with Gasteiger partial charge in [-0.25, -0.2) is 9.97 Å². The van der Waals surface area contributed by atoms with Crippen LogP contribution >= 0.6 is 27.7 Å². The number of rotatable bonds is 3. The molecule has 0 amide bonds. The van der Waals surface area contributed by atoms with Crippen molar-refractivity contribution in [3.63, 3.8) is 0 Å². The largest absolute Gasteiger partial charge is 0.231 e. The lowest BCUT2D eigenvalue weighted by Crippen LogP contribution is -1.87. The van der Waals surface area contributed by atoms with Crippen molar-refractivity contribution in [3.8, 4) is 0 Å². The summed E-state index contributed by atoms with van der Waals surface area (Å²) in [5, 5.41) is 0.793. The van der Waals surface area contributed by atoms with Gasteiger partial charge >= 0.3 is 0 Å². The fraction of sp³-hybridized carbons (Fsp3) is 0.250. The summed E-state index contributed by atoms with van der Waals surface area (Å²) < 4.78 is 0.955. The van der Waals surface area contributed by atoms with E-state index in [0.29, 0.717) is 0 Å². The monoisotopic (exact) mass is 244 g/mol. The molecule has 1 aromatic heterocycles. The molecule has 0 saturated heterocycles. The van der Waals surface area contributed by atoms with Crippen molar-refractivity contribution in [1.82, 2.24) is 9.97 Å². The van der Waals surface area contributed by atoms with Crippen LogP contribution in [-0.2, 0) is 0 Å². The van der Waals surface area contributed by atoms with Crippen LogP contribution in [0.4, 0.5) is 0 Å². The zero-order valence-corrected chi connectivity index (χ0v) is 9.15. The minimum absolute atomic E-state index is 0.793. The number of thioether (sulfide) groups is 1. The highest BCUT2D eigenvalue weighted by molar-refractivity contribution is 9.11. The smallest absolute Gasteiger partial charge is 0.187 e. The maximum absolute atomic E-state index is 4.14. The molecule has 0 saturated carbocycles. The van der Waals surface area contributed by atoms with E-state index in [1.807, 2.05) is 19.3 Å². The van der Waals surface area contributed by atoms with Crippen molar-refractivity contribution < 1.29 is 0 Å². The molecule has 1 aromatic rings. The molecule has 12 heavy (non-hydrogen) atoms. The normalized spacial score (nSPS) is 9.83. The molecular formula is C8H9BrN2S. The molecule has 4 heteroatoms. The molecule has 0 aliphatic carbocycles. The second-order valence-corrected chi connectivity index (χ2v) is 4.41. The average molecular weight is 245 g/mol. The third-order valence-electron chi connectivity index (χ3n) is 1.12. The molecule has 1 heterocycles. The van der Waals surface area contributed by atoms with E-state index in [1.165, 1.54) is 0 Å². The number of halogens is 1. The minimum atomic E-state index is 0.793. The standard InChI is InChI=1S/C8H9BrN2S/c1-6-3-10-8(11-4-6)12-5-7(2)9/h3-4H,2,5H2,1H3. The van der Waals surface area contributed by atoms with Gasteiger partial charge in [0.25, 0.3) is 0 Å². The van der Waals surface area contributed by atoms with Gasteiger partial charge in [-0.15, -0.1) is 0 Å². The summed E-state index contributed by atoms with van der Waals surface area (Å²) in [5.74, 6) is 0.809. The molecule has 0 unspecified atom stereocenters. The van der Waals surface area contributed by atoms with Crippen molar-refractivity contribution >= 4 is 27.7 Å². The van der Waals surface area contributed by atoms with Crippen LogP contribution in [0.3, 0.4) is 0 Å². The SMILES string of the molecule is C=C(Br)CSc1ncc(C)cn1. The van der Waals surface area contributed by atoms with Crippen LogP contribution < -0.4 is 0 Å². The van der Waals surface area contributed by atoms with E-state index >= 15 is 0 Å². The van der Waals surface area contributed by atoms with Gasteiger partial charge in [-0.2, -0.15) is 0 Å². The Labute approximate surface area is 84.6 Å². The van der Waals surface area contributed by atoms with Gasteiger partial charge in [0.05, 0.1) is 0 Å². The zero-order valence-electron chi connectivity index (χ0n) is 6.75. The Balaban J connectivity index is 2.53. The molecule has 0 fully saturated rings. The number of aromatic nitrogens is 2. The summed E-state index contributed by atoms with van der Waals surface area (Å²) in [6.07, 6.45) is 3.62. The summed E-state index contributed by atoms with van der Waals surface area (Å²) in [7, 11) is 0. The van der Waals surface area contributed by atoms with Gasteiger partial charge in [0.1, 0.15) is 0 Å². The highest BCUT2D eigenvalue weighted by Gasteiger charge is 1.96. The number of hydrogen-bond acceptors (Lipinski definition) is 3. The lowest BCUT2D eigenvalue weighted by Gasteiger charge is -1.97. The number of aryl methyl sites for hydroxylation is 1. The summed E-state index contributed by atoms with van der Waals surface area (Å²) in [5.41, 5.74) is 1.08. The van der Waals surface area contributed by atoms with Crippen LogP contribution in [-0.4, -0.2) is 15.7 Å². The fourth-order valence-electron chi connectivity index (χ4n) is 0.598. The molecule has 0 N–H and O–H groups in total. The van der Waals surface area contributed by atoms with E-state index in [-0.39, 0.29) is 0 Å². The Morgan fingerprint density at radius 3 is 2.67 bits per heavy atom. The van der Waals surface area contributed by atoms with Gasteiger partial charge in [0, 0.05) is 18.1 Å². The first-order valence-electron chi connectivity index (χ1n) is 3.43. The molecule has 1 rings (SSSR count). The van der Waals surface area contributed by atoms with Gasteiger partial charge < -0.3 is 0 Å². The summed E-state index contributed by atoms with van der Waals surface area (Å²) in [4.78, 5) is 8.28. The Bertz CT molecular complexity index is 271. The second kappa shape index (κ2) is 4.62. The summed E-state index contributed by atoms with van der Waals surface area (Å²) >= 11 is 4.84. The summed E-state index contributed by atoms with van der Waals surface area (Å²) in [6.45, 7) is 5.70. The molecule has 0 radical (unpaired) electrons. The van der Waals surface area contributed by atoms with Crippen molar-refractivity contribution in [2.24, 2.45) is 0 Å². The van der Waals surface area contributed by atoms with E-state index in [1.54, 1.807) is 11.8 Å². The maximum Gasteiger partial charge on any atom is 0.187 e. The predicted molar refractivity (Wildman–Crippen MR) is 55.6 cm³/mol. The van der Waals surface area contributed by atoms with Gasteiger partial charge in [0.2, 0.25) is 0 Å². The van der Waals surface area contributed by atoms with E-state index in [4.69, 9.17) is 0 Å². The van der Waals surface area contributed by atoms with Gasteiger partial charge in [-0.05, 0) is 17.0 Å². The Hall–Kier alpha value is -0.350. The Kier molecular flexibility index (Phi) is 3.75. The molecule has 64 valence electrons. The third-order valence-corrected chi connectivity index (χ3v) is 2.73. The highest BCUT2D eigenvalue weighted by atomic mass is 79.9. The quantitative estimate of drug-likeness (QED) is 0.605. The molecule has 0 atom stereocenters. The van der Waals surface area contributed by atoms with E-state index in [0.717, 1.165) is 21.0 Å². The van der Waals surface area contributed by atoms with Crippen LogP contribution in [0.1, 0.15) is 5.56 Å². The second-order valence-electron chi connectivity index (χ2n) is 2.35. The molecule has 0 bridgehead atoms. The van der Waals surface area contributed by atoms with E-state index < -0.39 is 0 Å². The first-order valence-corrected chi connectivity index (χ1v) is 5.21. The van der Waals surface area contributed by atoms with E-state index in [2.05, 4.69) is 32.5 Å². The van der Waals surface area contributed by atoms with Crippen molar-refractivity contribution in [2.75, 3.05) is 5.75 Å². The molecule has 0 aliphatic rings. The van der Waals surface area contributed by atoms with Gasteiger partial charge in [-0.1, -0.05) is 34.3 Å². The van der Waals surface area contributed by atoms with Crippen molar-refractivity contribution in [2.45, 2.75) is 12.1 Å². The van der Waals surface area contributed by atoms with E-state index in [9.17, 15) is 0 Å². The Morgan fingerprint density at radius 1 is 1.58 bits per heavy atom.